The summed E-state index contributed by atoms with van der Waals surface area (Å²) in [6, 6.07) is 9.91. The second-order valence-electron chi connectivity index (χ2n) is 5.30. The monoisotopic (exact) mass is 325 g/mol. The van der Waals surface area contributed by atoms with Crippen LogP contribution in [-0.4, -0.2) is 50.7 Å². The van der Waals surface area contributed by atoms with Crippen molar-refractivity contribution in [2.24, 2.45) is 0 Å². The maximum absolute atomic E-state index is 13.1. The number of rotatable bonds is 6. The van der Waals surface area contributed by atoms with Gasteiger partial charge in [-0.05, 0) is 12.5 Å². The lowest BCUT2D eigenvalue weighted by Crippen LogP contribution is -2.50. The predicted molar refractivity (Wildman–Crippen MR) is 87.9 cm³/mol. The van der Waals surface area contributed by atoms with Crippen LogP contribution in [0.1, 0.15) is 12.5 Å². The second-order valence-corrected chi connectivity index (χ2v) is 7.93. The number of morpholine rings is 1. The van der Waals surface area contributed by atoms with Crippen molar-refractivity contribution in [3.05, 3.63) is 42.0 Å². The fourth-order valence-corrected chi connectivity index (χ4v) is 4.34. The van der Waals surface area contributed by atoms with Gasteiger partial charge in [0.05, 0.1) is 13.2 Å². The van der Waals surface area contributed by atoms with Gasteiger partial charge in [0.2, 0.25) is 0 Å². The summed E-state index contributed by atoms with van der Waals surface area (Å²) in [6.07, 6.45) is 3.88. The molecule has 1 unspecified atom stereocenters. The fourth-order valence-electron chi connectivity index (χ4n) is 2.65. The van der Waals surface area contributed by atoms with E-state index in [9.17, 15) is 4.57 Å². The van der Waals surface area contributed by atoms with E-state index in [2.05, 4.69) is 4.90 Å². The lowest BCUT2D eigenvalue weighted by atomic mass is 10.1. The van der Waals surface area contributed by atoms with Gasteiger partial charge in [-0.25, -0.2) is 0 Å². The van der Waals surface area contributed by atoms with E-state index in [0.717, 1.165) is 5.56 Å². The average molecular weight is 325 g/mol. The molecule has 1 fully saturated rings. The molecule has 22 heavy (non-hydrogen) atoms. The first-order valence-electron chi connectivity index (χ1n) is 7.34. The Labute approximate surface area is 132 Å². The summed E-state index contributed by atoms with van der Waals surface area (Å²) in [5.74, 6) is 0. The van der Waals surface area contributed by atoms with Gasteiger partial charge >= 0.3 is 7.60 Å². The summed E-state index contributed by atoms with van der Waals surface area (Å²) in [5, 5.41) is -0.837. The largest absolute Gasteiger partial charge is 0.379 e. The molecule has 1 aliphatic heterocycles. The van der Waals surface area contributed by atoms with Crippen LogP contribution >= 0.6 is 7.60 Å². The number of nitrogens with zero attached hydrogens (tertiary/aromatic N) is 1. The lowest BCUT2D eigenvalue weighted by Gasteiger charge is -2.43. The van der Waals surface area contributed by atoms with Crippen LogP contribution in [0.5, 0.6) is 0 Å². The summed E-state index contributed by atoms with van der Waals surface area (Å²) in [6.45, 7) is 4.49. The molecule has 6 heteroatoms. The molecular formula is C16H24NO4P. The molecule has 0 radical (unpaired) electrons. The molecule has 1 aromatic carbocycles. The molecule has 122 valence electrons. The molecule has 0 aromatic heterocycles. The second kappa shape index (κ2) is 7.53. The first-order chi connectivity index (χ1) is 10.6. The predicted octanol–water partition coefficient (Wildman–Crippen LogP) is 3.23. The molecule has 0 bridgehead atoms. The van der Waals surface area contributed by atoms with E-state index in [0.29, 0.717) is 26.3 Å². The highest BCUT2D eigenvalue weighted by Crippen LogP contribution is 2.61. The zero-order chi connectivity index (χ0) is 16.1. The number of ether oxygens (including phenoxy) is 1. The van der Waals surface area contributed by atoms with Gasteiger partial charge in [0.15, 0.2) is 0 Å². The topological polar surface area (TPSA) is 48.0 Å². The van der Waals surface area contributed by atoms with E-state index in [-0.39, 0.29) is 0 Å². The Balaban J connectivity index is 2.36. The summed E-state index contributed by atoms with van der Waals surface area (Å²) in [7, 11) is -0.465. The average Bonchev–Trinajstić information content (AvgIpc) is 2.60. The molecule has 0 aliphatic carbocycles. The van der Waals surface area contributed by atoms with Crippen molar-refractivity contribution in [1.29, 1.82) is 0 Å². The minimum absolute atomic E-state index is 0.613. The highest BCUT2D eigenvalue weighted by atomic mass is 31.2. The maximum Gasteiger partial charge on any atom is 0.353 e. The Morgan fingerprint density at radius 3 is 2.32 bits per heavy atom. The molecular weight excluding hydrogens is 301 g/mol. The van der Waals surface area contributed by atoms with E-state index in [1.165, 1.54) is 14.2 Å². The van der Waals surface area contributed by atoms with Gasteiger partial charge < -0.3 is 13.8 Å². The zero-order valence-corrected chi connectivity index (χ0v) is 14.3. The molecule has 0 amide bonds. The standard InChI is InChI=1S/C16H24NO4P/c1-16(22(18,19-2)20-3,17-11-13-21-14-12-17)10-9-15-7-5-4-6-8-15/h4-10H,11-14H2,1-3H3/b10-9+. The van der Waals surface area contributed by atoms with Crippen LogP contribution in [0, 0.1) is 0 Å². The summed E-state index contributed by atoms with van der Waals surface area (Å²) in [5.41, 5.74) is 1.04. The van der Waals surface area contributed by atoms with Gasteiger partial charge in [0, 0.05) is 27.3 Å². The van der Waals surface area contributed by atoms with Crippen LogP contribution in [-0.2, 0) is 18.3 Å². The normalized spacial score (nSPS) is 20.1. The smallest absolute Gasteiger partial charge is 0.353 e. The fraction of sp³-hybridized carbons (Fsp3) is 0.500. The molecule has 1 atom stereocenters. The summed E-state index contributed by atoms with van der Waals surface area (Å²) < 4.78 is 29.1. The van der Waals surface area contributed by atoms with Gasteiger partial charge in [0.25, 0.3) is 0 Å². The summed E-state index contributed by atoms with van der Waals surface area (Å²) >= 11 is 0. The molecule has 0 spiro atoms. The highest BCUT2D eigenvalue weighted by Gasteiger charge is 2.49. The van der Waals surface area contributed by atoms with Crippen LogP contribution in [0.3, 0.4) is 0 Å². The van der Waals surface area contributed by atoms with Gasteiger partial charge in [-0.3, -0.25) is 9.46 Å². The van der Waals surface area contributed by atoms with Crippen LogP contribution < -0.4 is 0 Å². The van der Waals surface area contributed by atoms with Gasteiger partial charge in [-0.2, -0.15) is 0 Å². The van der Waals surface area contributed by atoms with E-state index in [4.69, 9.17) is 13.8 Å². The van der Waals surface area contributed by atoms with Crippen molar-refractivity contribution in [1.82, 2.24) is 4.90 Å². The third-order valence-corrected chi connectivity index (χ3v) is 6.58. The zero-order valence-electron chi connectivity index (χ0n) is 13.4. The quantitative estimate of drug-likeness (QED) is 0.752. The molecule has 0 N–H and O–H groups in total. The van der Waals surface area contributed by atoms with Crippen LogP contribution in [0.15, 0.2) is 36.4 Å². The van der Waals surface area contributed by atoms with Crippen molar-refractivity contribution in [3.8, 4) is 0 Å². The van der Waals surface area contributed by atoms with E-state index >= 15 is 0 Å². The number of hydrogen-bond acceptors (Lipinski definition) is 5. The van der Waals surface area contributed by atoms with Crippen molar-refractivity contribution in [3.63, 3.8) is 0 Å². The minimum Gasteiger partial charge on any atom is -0.379 e. The Morgan fingerprint density at radius 2 is 1.77 bits per heavy atom. The molecule has 1 heterocycles. The molecule has 1 saturated heterocycles. The highest BCUT2D eigenvalue weighted by molar-refractivity contribution is 7.55. The summed E-state index contributed by atoms with van der Waals surface area (Å²) in [4.78, 5) is 2.10. The molecule has 1 aromatic rings. The molecule has 5 nitrogen and oxygen atoms in total. The van der Waals surface area contributed by atoms with Crippen molar-refractivity contribution >= 4 is 13.7 Å². The minimum atomic E-state index is -3.33. The van der Waals surface area contributed by atoms with Gasteiger partial charge in [-0.1, -0.05) is 42.5 Å². The SMILES string of the molecule is COP(=O)(OC)C(C)(/C=C/c1ccccc1)N1CCOCC1. The Hall–Kier alpha value is -0.970. The van der Waals surface area contributed by atoms with E-state index in [1.54, 1.807) is 0 Å². The third kappa shape index (κ3) is 3.50. The third-order valence-electron chi connectivity index (χ3n) is 4.08. The van der Waals surface area contributed by atoms with Gasteiger partial charge in [0.1, 0.15) is 5.28 Å². The van der Waals surface area contributed by atoms with Crippen molar-refractivity contribution in [2.75, 3.05) is 40.5 Å². The first kappa shape index (κ1) is 17.4. The van der Waals surface area contributed by atoms with Gasteiger partial charge in [-0.15, -0.1) is 0 Å². The van der Waals surface area contributed by atoms with E-state index < -0.39 is 12.9 Å². The van der Waals surface area contributed by atoms with Crippen LogP contribution in [0.4, 0.5) is 0 Å². The van der Waals surface area contributed by atoms with Crippen LogP contribution in [0.2, 0.25) is 0 Å². The van der Waals surface area contributed by atoms with Crippen molar-refractivity contribution < 1.29 is 18.3 Å². The maximum atomic E-state index is 13.1. The Bertz CT molecular complexity index is 534. The van der Waals surface area contributed by atoms with Crippen molar-refractivity contribution in [2.45, 2.75) is 12.2 Å². The Morgan fingerprint density at radius 1 is 1.18 bits per heavy atom. The van der Waals surface area contributed by atoms with Crippen LogP contribution in [0.25, 0.3) is 6.08 Å². The molecule has 2 rings (SSSR count). The molecule has 0 saturated carbocycles. The lowest BCUT2D eigenvalue weighted by molar-refractivity contribution is 0.0125. The number of hydrogen-bond donors (Lipinski definition) is 0. The first-order valence-corrected chi connectivity index (χ1v) is 8.89. The van der Waals surface area contributed by atoms with E-state index in [1.807, 2.05) is 49.4 Å². The Kier molecular flexibility index (Phi) is 5.95. The number of benzene rings is 1. The molecule has 1 aliphatic rings.